The molecule has 0 saturated heterocycles. The first-order valence-corrected chi connectivity index (χ1v) is 6.06. The number of halogens is 1. The fraction of sp³-hybridized carbons (Fsp3) is 0.250. The highest BCUT2D eigenvalue weighted by Crippen LogP contribution is 2.20. The Morgan fingerprint density at radius 1 is 1.56 bits per heavy atom. The summed E-state index contributed by atoms with van der Waals surface area (Å²) in [6, 6.07) is 4.73. The van der Waals surface area contributed by atoms with Gasteiger partial charge in [-0.15, -0.1) is 0 Å². The number of aromatic hydroxyl groups is 1. The van der Waals surface area contributed by atoms with Gasteiger partial charge in [-0.1, -0.05) is 35.2 Å². The third-order valence-electron chi connectivity index (χ3n) is 1.71. The second-order valence-electron chi connectivity index (χ2n) is 3.05. The molecule has 0 radical (unpaired) electrons. The Labute approximate surface area is 104 Å². The van der Waals surface area contributed by atoms with Crippen LogP contribution in [-0.2, 0) is 4.79 Å². The predicted molar refractivity (Wildman–Crippen MR) is 67.8 cm³/mol. The maximum absolute atomic E-state index is 10.6. The van der Waals surface area contributed by atoms with Crippen LogP contribution in [0, 0.1) is 11.8 Å². The Kier molecular flexibility index (Phi) is 5.24. The van der Waals surface area contributed by atoms with E-state index in [4.69, 9.17) is 11.6 Å². The van der Waals surface area contributed by atoms with E-state index >= 15 is 0 Å². The summed E-state index contributed by atoms with van der Waals surface area (Å²) in [5.41, 5.74) is 0.514. The molecule has 16 heavy (non-hydrogen) atoms. The minimum Gasteiger partial charge on any atom is -0.507 e. The molecule has 2 nitrogen and oxygen atoms in total. The smallest absolute Gasteiger partial charge is 0.185 e. The van der Waals surface area contributed by atoms with Crippen LogP contribution >= 0.6 is 23.4 Å². The zero-order valence-electron chi connectivity index (χ0n) is 8.79. The SMILES string of the molecule is CC(=O)SCCC#Cc1cc(Cl)ccc1O. The molecular weight excluding hydrogens is 244 g/mol. The maximum atomic E-state index is 10.6. The summed E-state index contributed by atoms with van der Waals surface area (Å²) in [4.78, 5) is 10.6. The number of hydrogen-bond acceptors (Lipinski definition) is 3. The molecule has 1 N–H and O–H groups in total. The number of phenolic OH excluding ortho intramolecular Hbond substituents is 1. The molecule has 0 amide bonds. The van der Waals surface area contributed by atoms with Crippen LogP contribution in [0.1, 0.15) is 18.9 Å². The number of carbonyl (C=O) groups is 1. The van der Waals surface area contributed by atoms with Crippen molar-refractivity contribution in [3.63, 3.8) is 0 Å². The predicted octanol–water partition coefficient (Wildman–Crippen LogP) is 3.07. The van der Waals surface area contributed by atoms with Gasteiger partial charge in [0.05, 0.1) is 5.56 Å². The Bertz CT molecular complexity index is 446. The standard InChI is InChI=1S/C12H11ClO2S/c1-9(14)16-7-3-2-4-10-8-11(13)5-6-12(10)15/h5-6,8,15H,3,7H2,1H3. The Balaban J connectivity index is 2.56. The summed E-state index contributed by atoms with van der Waals surface area (Å²) < 4.78 is 0. The van der Waals surface area contributed by atoms with Crippen molar-refractivity contribution < 1.29 is 9.90 Å². The lowest BCUT2D eigenvalue weighted by molar-refractivity contribution is -0.109. The van der Waals surface area contributed by atoms with E-state index in [9.17, 15) is 9.90 Å². The minimum atomic E-state index is 0.0902. The molecule has 0 aliphatic heterocycles. The van der Waals surface area contributed by atoms with E-state index in [-0.39, 0.29) is 10.9 Å². The fourth-order valence-electron chi connectivity index (χ4n) is 1.01. The van der Waals surface area contributed by atoms with E-state index in [1.165, 1.54) is 24.8 Å². The van der Waals surface area contributed by atoms with Crippen LogP contribution in [0.5, 0.6) is 5.75 Å². The first-order valence-electron chi connectivity index (χ1n) is 4.70. The molecule has 1 aromatic rings. The first-order chi connectivity index (χ1) is 7.59. The Morgan fingerprint density at radius 2 is 2.31 bits per heavy atom. The lowest BCUT2D eigenvalue weighted by Gasteiger charge is -1.96. The third-order valence-corrected chi connectivity index (χ3v) is 2.76. The van der Waals surface area contributed by atoms with Crippen molar-refractivity contribution in [2.75, 3.05) is 5.75 Å². The minimum absolute atomic E-state index is 0.0902. The van der Waals surface area contributed by atoms with Gasteiger partial charge < -0.3 is 5.11 Å². The molecule has 0 aromatic heterocycles. The van der Waals surface area contributed by atoms with Crippen LogP contribution in [0.3, 0.4) is 0 Å². The number of carbonyl (C=O) groups excluding carboxylic acids is 1. The van der Waals surface area contributed by atoms with Crippen molar-refractivity contribution in [1.29, 1.82) is 0 Å². The number of rotatable bonds is 2. The van der Waals surface area contributed by atoms with Gasteiger partial charge in [-0.05, 0) is 18.2 Å². The van der Waals surface area contributed by atoms with Gasteiger partial charge in [0.1, 0.15) is 5.75 Å². The molecule has 0 heterocycles. The molecule has 0 aliphatic carbocycles. The van der Waals surface area contributed by atoms with Crippen LogP contribution in [0.4, 0.5) is 0 Å². The number of phenols is 1. The van der Waals surface area contributed by atoms with Crippen molar-refractivity contribution >= 4 is 28.5 Å². The van der Waals surface area contributed by atoms with Crippen molar-refractivity contribution in [3.8, 4) is 17.6 Å². The largest absolute Gasteiger partial charge is 0.507 e. The van der Waals surface area contributed by atoms with Crippen molar-refractivity contribution in [3.05, 3.63) is 28.8 Å². The molecule has 0 bridgehead atoms. The second kappa shape index (κ2) is 6.47. The number of benzene rings is 1. The summed E-state index contributed by atoms with van der Waals surface area (Å²) in [7, 11) is 0. The van der Waals surface area contributed by atoms with Crippen molar-refractivity contribution in [2.24, 2.45) is 0 Å². The molecule has 0 aliphatic rings. The molecule has 84 valence electrons. The zero-order valence-corrected chi connectivity index (χ0v) is 10.4. The number of hydrogen-bond donors (Lipinski definition) is 1. The van der Waals surface area contributed by atoms with Gasteiger partial charge in [0.2, 0.25) is 0 Å². The highest BCUT2D eigenvalue weighted by Gasteiger charge is 1.97. The van der Waals surface area contributed by atoms with E-state index in [0.717, 1.165) is 0 Å². The number of thioether (sulfide) groups is 1. The third kappa shape index (κ3) is 4.61. The molecule has 0 spiro atoms. The van der Waals surface area contributed by atoms with Crippen LogP contribution in [0.25, 0.3) is 0 Å². The maximum Gasteiger partial charge on any atom is 0.185 e. The summed E-state index contributed by atoms with van der Waals surface area (Å²) in [6.07, 6.45) is 0.607. The zero-order chi connectivity index (χ0) is 12.0. The van der Waals surface area contributed by atoms with Gasteiger partial charge >= 0.3 is 0 Å². The van der Waals surface area contributed by atoms with Crippen LogP contribution < -0.4 is 0 Å². The summed E-state index contributed by atoms with van der Waals surface area (Å²) in [5, 5.41) is 10.1. The molecule has 1 rings (SSSR count). The normalized spacial score (nSPS) is 9.38. The monoisotopic (exact) mass is 254 g/mol. The summed E-state index contributed by atoms with van der Waals surface area (Å²) in [5.74, 6) is 6.49. The van der Waals surface area contributed by atoms with Crippen molar-refractivity contribution in [1.82, 2.24) is 0 Å². The van der Waals surface area contributed by atoms with Gasteiger partial charge in [0.15, 0.2) is 5.12 Å². The molecule has 4 heteroatoms. The van der Waals surface area contributed by atoms with Gasteiger partial charge in [-0.25, -0.2) is 0 Å². The topological polar surface area (TPSA) is 37.3 Å². The van der Waals surface area contributed by atoms with Gasteiger partial charge in [-0.3, -0.25) is 4.79 Å². The van der Waals surface area contributed by atoms with Crippen LogP contribution in [0.15, 0.2) is 18.2 Å². The summed E-state index contributed by atoms with van der Waals surface area (Å²) >= 11 is 7.01. The van der Waals surface area contributed by atoms with Gasteiger partial charge in [0, 0.05) is 24.1 Å². The van der Waals surface area contributed by atoms with Crippen LogP contribution in [-0.4, -0.2) is 16.0 Å². The average Bonchev–Trinajstić information content (AvgIpc) is 2.22. The Hall–Kier alpha value is -1.11. The summed E-state index contributed by atoms with van der Waals surface area (Å²) in [6.45, 7) is 1.53. The Morgan fingerprint density at radius 3 is 3.00 bits per heavy atom. The van der Waals surface area contributed by atoms with Gasteiger partial charge in [-0.2, -0.15) is 0 Å². The second-order valence-corrected chi connectivity index (χ2v) is 4.76. The van der Waals surface area contributed by atoms with E-state index in [1.54, 1.807) is 12.1 Å². The van der Waals surface area contributed by atoms with Gasteiger partial charge in [0.25, 0.3) is 0 Å². The average molecular weight is 255 g/mol. The highest BCUT2D eigenvalue weighted by molar-refractivity contribution is 8.13. The fourth-order valence-corrected chi connectivity index (χ4v) is 1.68. The highest BCUT2D eigenvalue weighted by atomic mass is 35.5. The quantitative estimate of drug-likeness (QED) is 0.651. The molecular formula is C12H11ClO2S. The van der Waals surface area contributed by atoms with E-state index < -0.39 is 0 Å². The molecule has 0 atom stereocenters. The molecule has 0 unspecified atom stereocenters. The van der Waals surface area contributed by atoms with Crippen molar-refractivity contribution in [2.45, 2.75) is 13.3 Å². The molecule has 1 aromatic carbocycles. The van der Waals surface area contributed by atoms with E-state index in [2.05, 4.69) is 11.8 Å². The molecule has 0 fully saturated rings. The van der Waals surface area contributed by atoms with E-state index in [1.807, 2.05) is 0 Å². The lowest BCUT2D eigenvalue weighted by atomic mass is 10.2. The lowest BCUT2D eigenvalue weighted by Crippen LogP contribution is -1.84. The first kappa shape index (κ1) is 13.0. The van der Waals surface area contributed by atoms with E-state index in [0.29, 0.717) is 22.8 Å². The van der Waals surface area contributed by atoms with Crippen LogP contribution in [0.2, 0.25) is 5.02 Å². The molecule has 0 saturated carbocycles.